The van der Waals surface area contributed by atoms with Gasteiger partial charge < -0.3 is 14.8 Å². The van der Waals surface area contributed by atoms with Crippen LogP contribution in [0.5, 0.6) is 5.75 Å². The Morgan fingerprint density at radius 2 is 1.54 bits per heavy atom. The lowest BCUT2D eigenvalue weighted by molar-refractivity contribution is -0.138. The van der Waals surface area contributed by atoms with Crippen LogP contribution in [-0.4, -0.2) is 48.0 Å². The zero-order valence-corrected chi connectivity index (χ0v) is 29.0. The highest BCUT2D eigenvalue weighted by atomic mass is 31.2. The highest BCUT2D eigenvalue weighted by Crippen LogP contribution is 2.60. The number of rotatable bonds is 15. The second-order valence-electron chi connectivity index (χ2n) is 12.4. The van der Waals surface area contributed by atoms with Gasteiger partial charge in [0.25, 0.3) is 0 Å². The monoisotopic (exact) mass is 709 g/mol. The molecule has 4 aromatic rings. The fourth-order valence-corrected chi connectivity index (χ4v) is 7.91. The molecule has 2 aliphatic heterocycles. The average molecular weight is 710 g/mol. The lowest BCUT2D eigenvalue weighted by Gasteiger charge is -2.37. The number of fused-ring (bicyclic) bond motifs is 1. The van der Waals surface area contributed by atoms with E-state index in [2.05, 4.69) is 17.2 Å². The molecule has 0 saturated carbocycles. The first-order valence-electron chi connectivity index (χ1n) is 16.9. The number of methoxy groups -OCH3 is 1. The summed E-state index contributed by atoms with van der Waals surface area (Å²) in [6.45, 7) is 1.74. The molecule has 2 aliphatic rings. The fraction of sp³-hybridized carbons (Fsp3) is 0.405. The van der Waals surface area contributed by atoms with Gasteiger partial charge in [-0.2, -0.15) is 13.8 Å². The van der Waals surface area contributed by atoms with Gasteiger partial charge in [0.1, 0.15) is 23.2 Å². The van der Waals surface area contributed by atoms with Gasteiger partial charge in [0.05, 0.1) is 20.3 Å². The van der Waals surface area contributed by atoms with Crippen molar-refractivity contribution >= 4 is 13.6 Å². The predicted molar refractivity (Wildman–Crippen MR) is 184 cm³/mol. The molecule has 0 bridgehead atoms. The van der Waals surface area contributed by atoms with Crippen molar-refractivity contribution < 1.29 is 36.4 Å². The number of nitrogens with one attached hydrogen (secondary N) is 1. The predicted octanol–water partition coefficient (Wildman–Crippen LogP) is 8.09. The minimum atomic E-state index is -4.26. The minimum absolute atomic E-state index is 0.0540. The molecule has 3 heterocycles. The van der Waals surface area contributed by atoms with Crippen LogP contribution in [0.4, 0.5) is 14.6 Å². The van der Waals surface area contributed by atoms with Crippen LogP contribution in [0.2, 0.25) is 0 Å². The number of halogens is 2. The maximum Gasteiger partial charge on any atom is 0.475 e. The summed E-state index contributed by atoms with van der Waals surface area (Å²) in [7, 11) is -2.67. The van der Waals surface area contributed by atoms with Gasteiger partial charge in [-0.25, -0.2) is 9.36 Å². The summed E-state index contributed by atoms with van der Waals surface area (Å²) in [5.41, 5.74) is 0.475. The molecule has 1 unspecified atom stereocenters. The molecule has 50 heavy (non-hydrogen) atoms. The van der Waals surface area contributed by atoms with Crippen LogP contribution in [-0.2, 0) is 28.4 Å². The van der Waals surface area contributed by atoms with Gasteiger partial charge >= 0.3 is 19.4 Å². The van der Waals surface area contributed by atoms with Crippen molar-refractivity contribution in [1.29, 1.82) is 0 Å². The molecule has 0 amide bonds. The van der Waals surface area contributed by atoms with Gasteiger partial charge in [-0.15, -0.1) is 0 Å². The SMILES string of the molecule is CCCCCCCCOP1(=O)OC[C@H]2O[C@@H](n3ccc(NC(c4ccccc4)(c4ccccc4)c4ccc(OC)cc4)nc3=O)C(F)(F)[C@@H]2O1. The lowest BCUT2D eigenvalue weighted by atomic mass is 9.77. The van der Waals surface area contributed by atoms with E-state index in [-0.39, 0.29) is 12.4 Å². The van der Waals surface area contributed by atoms with E-state index >= 15 is 8.78 Å². The minimum Gasteiger partial charge on any atom is -0.497 e. The van der Waals surface area contributed by atoms with Gasteiger partial charge in [-0.1, -0.05) is 112 Å². The van der Waals surface area contributed by atoms with Crippen molar-refractivity contribution in [3.8, 4) is 5.75 Å². The smallest absolute Gasteiger partial charge is 0.475 e. The number of hydrogen-bond donors (Lipinski definition) is 1. The number of unbranched alkanes of at least 4 members (excludes halogenated alkanes) is 5. The summed E-state index contributed by atoms with van der Waals surface area (Å²) in [5, 5.41) is 3.47. The second kappa shape index (κ2) is 15.5. The first-order valence-corrected chi connectivity index (χ1v) is 18.4. The third kappa shape index (κ3) is 7.41. The Balaban J connectivity index is 1.25. The Bertz CT molecular complexity index is 1770. The van der Waals surface area contributed by atoms with E-state index in [1.165, 1.54) is 12.3 Å². The molecular weight excluding hydrogens is 667 g/mol. The number of anilines is 1. The summed E-state index contributed by atoms with van der Waals surface area (Å²) >= 11 is 0. The summed E-state index contributed by atoms with van der Waals surface area (Å²) in [4.78, 5) is 17.7. The van der Waals surface area contributed by atoms with E-state index in [0.717, 1.165) is 53.4 Å². The number of ether oxygens (including phenoxy) is 2. The molecule has 0 spiro atoms. The molecule has 4 atom stereocenters. The van der Waals surface area contributed by atoms with Crippen LogP contribution >= 0.6 is 7.82 Å². The maximum absolute atomic E-state index is 15.9. The molecule has 2 saturated heterocycles. The van der Waals surface area contributed by atoms with Crippen molar-refractivity contribution in [2.75, 3.05) is 25.6 Å². The van der Waals surface area contributed by atoms with Gasteiger partial charge in [0.2, 0.25) is 6.23 Å². The summed E-state index contributed by atoms with van der Waals surface area (Å²) < 4.78 is 72.6. The van der Waals surface area contributed by atoms with Crippen molar-refractivity contribution in [2.45, 2.75) is 75.3 Å². The number of alkyl halides is 2. The molecule has 10 nitrogen and oxygen atoms in total. The molecular formula is C37H42F2N3O7P. The van der Waals surface area contributed by atoms with E-state index < -0.39 is 50.0 Å². The van der Waals surface area contributed by atoms with Crippen molar-refractivity contribution in [1.82, 2.24) is 9.55 Å². The fourth-order valence-electron chi connectivity index (χ4n) is 6.48. The van der Waals surface area contributed by atoms with Gasteiger partial charge in [0, 0.05) is 6.20 Å². The first kappa shape index (κ1) is 35.9. The third-order valence-electron chi connectivity index (χ3n) is 9.07. The largest absolute Gasteiger partial charge is 0.497 e. The van der Waals surface area contributed by atoms with Crippen molar-refractivity contribution in [3.63, 3.8) is 0 Å². The molecule has 266 valence electrons. The molecule has 2 fully saturated rings. The van der Waals surface area contributed by atoms with Crippen LogP contribution < -0.4 is 15.7 Å². The standard InChI is InChI=1S/C37H42F2N3O7P/c1-3-4-5-6-7-14-25-46-50(44)47-26-31-33(49-50)37(38,39)34(48-31)42-24-23-32(40-35(42)43)41-36(27-15-10-8-11-16-27,28-17-12-9-13-18-28)29-19-21-30(45-2)22-20-29/h8-13,15-24,31,33-34H,3-7,14,25-26H2,1-2H3,(H,40,41,43)/t31-,33-,34-,50?/m1/s1. The maximum atomic E-state index is 15.9. The van der Waals surface area contributed by atoms with E-state index in [4.69, 9.17) is 23.0 Å². The van der Waals surface area contributed by atoms with Crippen molar-refractivity contribution in [3.05, 3.63) is 124 Å². The molecule has 0 radical (unpaired) electrons. The van der Waals surface area contributed by atoms with Crippen LogP contribution in [0.25, 0.3) is 0 Å². The normalized spacial score (nSPS) is 22.9. The van der Waals surface area contributed by atoms with Gasteiger partial charge in [0.15, 0.2) is 6.10 Å². The topological polar surface area (TPSA) is 110 Å². The number of nitrogens with zero attached hydrogens (tertiary/aromatic N) is 2. The highest BCUT2D eigenvalue weighted by Gasteiger charge is 2.65. The average Bonchev–Trinajstić information content (AvgIpc) is 3.39. The Morgan fingerprint density at radius 1 is 0.920 bits per heavy atom. The number of phosphoric ester groups is 1. The molecule has 13 heteroatoms. The van der Waals surface area contributed by atoms with E-state index in [1.54, 1.807) is 7.11 Å². The Morgan fingerprint density at radius 3 is 2.16 bits per heavy atom. The second-order valence-corrected chi connectivity index (χ2v) is 14.0. The van der Waals surface area contributed by atoms with Crippen LogP contribution in [0, 0.1) is 0 Å². The van der Waals surface area contributed by atoms with E-state index in [9.17, 15) is 9.36 Å². The van der Waals surface area contributed by atoms with Crippen molar-refractivity contribution in [2.24, 2.45) is 0 Å². The molecule has 3 aromatic carbocycles. The highest BCUT2D eigenvalue weighted by molar-refractivity contribution is 7.48. The summed E-state index contributed by atoms with van der Waals surface area (Å²) in [5.74, 6) is -2.95. The van der Waals surface area contributed by atoms with Crippen LogP contribution in [0.1, 0.15) is 68.4 Å². The zero-order valence-electron chi connectivity index (χ0n) is 28.1. The summed E-state index contributed by atoms with van der Waals surface area (Å²) in [6, 6.07) is 28.2. The van der Waals surface area contributed by atoms with E-state index in [0.29, 0.717) is 12.2 Å². The van der Waals surface area contributed by atoms with Crippen LogP contribution in [0.15, 0.2) is 102 Å². The number of benzene rings is 3. The molecule has 6 rings (SSSR count). The molecule has 1 N–H and O–H groups in total. The van der Waals surface area contributed by atoms with Crippen LogP contribution in [0.3, 0.4) is 0 Å². The third-order valence-corrected chi connectivity index (χ3v) is 10.5. The number of hydrogen-bond acceptors (Lipinski definition) is 9. The number of aromatic nitrogens is 2. The van der Waals surface area contributed by atoms with E-state index in [1.807, 2.05) is 84.9 Å². The molecule has 0 aliphatic carbocycles. The molecule has 1 aromatic heterocycles. The Kier molecular flexibility index (Phi) is 11.1. The van der Waals surface area contributed by atoms with Gasteiger partial charge in [-0.3, -0.25) is 18.1 Å². The first-order chi connectivity index (χ1) is 24.2. The Hall–Kier alpha value is -3.93. The quantitative estimate of drug-likeness (QED) is 0.0744. The summed E-state index contributed by atoms with van der Waals surface area (Å²) in [6.07, 6.45) is 1.70. The number of phosphoric acid groups is 1. The van der Waals surface area contributed by atoms with Gasteiger partial charge in [-0.05, 0) is 41.3 Å². The Labute approximate surface area is 290 Å². The zero-order chi connectivity index (χ0) is 35.2. The lowest BCUT2D eigenvalue weighted by Crippen LogP contribution is -2.45.